The van der Waals surface area contributed by atoms with Gasteiger partial charge in [-0.25, -0.2) is 4.79 Å². The monoisotopic (exact) mass is 352 g/mol. The topological polar surface area (TPSA) is 77.1 Å². The Morgan fingerprint density at radius 1 is 1.00 bits per heavy atom. The summed E-state index contributed by atoms with van der Waals surface area (Å²) < 4.78 is 16.3. The summed E-state index contributed by atoms with van der Waals surface area (Å²) in [5.74, 6) is 1.68. The fraction of sp³-hybridized carbons (Fsp3) is 0.263. The second-order valence-electron chi connectivity index (χ2n) is 6.51. The van der Waals surface area contributed by atoms with Crippen LogP contribution in [0.15, 0.2) is 42.5 Å². The van der Waals surface area contributed by atoms with Crippen LogP contribution in [-0.4, -0.2) is 30.2 Å². The van der Waals surface area contributed by atoms with Crippen LogP contribution in [0.5, 0.6) is 17.2 Å². The van der Waals surface area contributed by atoms with Crippen molar-refractivity contribution in [2.75, 3.05) is 13.4 Å². The zero-order chi connectivity index (χ0) is 17.7. The lowest BCUT2D eigenvalue weighted by molar-refractivity contribution is -0.133. The van der Waals surface area contributed by atoms with Crippen molar-refractivity contribution in [3.8, 4) is 17.2 Å². The van der Waals surface area contributed by atoms with Crippen molar-refractivity contribution >= 4 is 11.9 Å². The van der Waals surface area contributed by atoms with Crippen LogP contribution in [0.2, 0.25) is 0 Å². The van der Waals surface area contributed by atoms with E-state index in [1.54, 1.807) is 12.1 Å². The van der Waals surface area contributed by atoms with Crippen LogP contribution in [0.3, 0.4) is 0 Å². The highest BCUT2D eigenvalue weighted by Crippen LogP contribution is 2.41. The van der Waals surface area contributed by atoms with Crippen molar-refractivity contribution in [1.82, 2.24) is 10.2 Å². The van der Waals surface area contributed by atoms with Crippen molar-refractivity contribution in [2.24, 2.45) is 0 Å². The Kier molecular flexibility index (Phi) is 3.12. The van der Waals surface area contributed by atoms with Crippen LogP contribution in [0.4, 0.5) is 4.79 Å². The number of urea groups is 1. The van der Waals surface area contributed by atoms with Crippen LogP contribution in [0, 0.1) is 0 Å². The number of hydrogen-bond acceptors (Lipinski definition) is 5. The first kappa shape index (κ1) is 15.1. The lowest BCUT2D eigenvalue weighted by Crippen LogP contribution is -2.47. The molecule has 0 aliphatic carbocycles. The van der Waals surface area contributed by atoms with Gasteiger partial charge in [-0.15, -0.1) is 0 Å². The van der Waals surface area contributed by atoms with E-state index in [-0.39, 0.29) is 19.2 Å². The summed E-state index contributed by atoms with van der Waals surface area (Å²) in [7, 11) is 0. The molecular formula is C19H16N2O5. The largest absolute Gasteiger partial charge is 0.493 e. The molecule has 0 aromatic heterocycles. The SMILES string of the molecule is O=C1N[C@@]2(CCOc3ccccc32)C(=O)N1Cc1ccc2c(c1)OCO2. The minimum Gasteiger partial charge on any atom is -0.493 e. The number of nitrogens with zero attached hydrogens (tertiary/aromatic N) is 1. The minimum absolute atomic E-state index is 0.173. The van der Waals surface area contributed by atoms with Gasteiger partial charge in [-0.3, -0.25) is 9.69 Å². The molecule has 2 aromatic rings. The zero-order valence-electron chi connectivity index (χ0n) is 13.9. The van der Waals surface area contributed by atoms with Crippen LogP contribution in [0.1, 0.15) is 17.5 Å². The molecule has 1 N–H and O–H groups in total. The Morgan fingerprint density at radius 2 is 1.85 bits per heavy atom. The van der Waals surface area contributed by atoms with E-state index >= 15 is 0 Å². The predicted molar refractivity (Wildman–Crippen MR) is 89.9 cm³/mol. The third kappa shape index (κ3) is 2.06. The molecule has 1 spiro atoms. The standard InChI is InChI=1S/C19H16N2O5/c22-17-19(7-8-24-14-4-2-1-3-13(14)19)20-18(23)21(17)10-12-5-6-15-16(9-12)26-11-25-15/h1-6,9H,7-8,10-11H2,(H,20,23)/t19-/m1/s1. The second-order valence-corrected chi connectivity index (χ2v) is 6.51. The Balaban J connectivity index is 1.47. The highest BCUT2D eigenvalue weighted by Gasteiger charge is 2.54. The van der Waals surface area contributed by atoms with Crippen molar-refractivity contribution in [1.29, 1.82) is 0 Å². The summed E-state index contributed by atoms with van der Waals surface area (Å²) in [5.41, 5.74) is 0.454. The van der Waals surface area contributed by atoms with E-state index < -0.39 is 11.6 Å². The molecule has 3 heterocycles. The van der Waals surface area contributed by atoms with E-state index in [0.29, 0.717) is 35.8 Å². The molecule has 0 unspecified atom stereocenters. The van der Waals surface area contributed by atoms with Gasteiger partial charge in [0.05, 0.1) is 13.2 Å². The van der Waals surface area contributed by atoms with E-state index in [9.17, 15) is 9.59 Å². The van der Waals surface area contributed by atoms with Gasteiger partial charge in [-0.2, -0.15) is 0 Å². The maximum absolute atomic E-state index is 13.2. The number of hydrogen-bond donors (Lipinski definition) is 1. The van der Waals surface area contributed by atoms with E-state index in [2.05, 4.69) is 5.32 Å². The van der Waals surface area contributed by atoms with Gasteiger partial charge in [0.15, 0.2) is 17.0 Å². The van der Waals surface area contributed by atoms with Crippen molar-refractivity contribution in [3.63, 3.8) is 0 Å². The number of ether oxygens (including phenoxy) is 3. The smallest absolute Gasteiger partial charge is 0.325 e. The summed E-state index contributed by atoms with van der Waals surface area (Å²) >= 11 is 0. The number of fused-ring (bicyclic) bond motifs is 3. The lowest BCUT2D eigenvalue weighted by Gasteiger charge is -2.33. The molecule has 1 atom stereocenters. The molecule has 26 heavy (non-hydrogen) atoms. The van der Waals surface area contributed by atoms with E-state index in [1.807, 2.05) is 30.3 Å². The summed E-state index contributed by atoms with van der Waals surface area (Å²) in [4.78, 5) is 27.1. The number of benzene rings is 2. The fourth-order valence-electron chi connectivity index (χ4n) is 3.74. The van der Waals surface area contributed by atoms with Gasteiger partial charge >= 0.3 is 6.03 Å². The molecule has 3 amide bonds. The highest BCUT2D eigenvalue weighted by molar-refractivity contribution is 6.07. The first-order valence-electron chi connectivity index (χ1n) is 8.42. The van der Waals surface area contributed by atoms with Gasteiger partial charge in [0, 0.05) is 12.0 Å². The third-order valence-corrected chi connectivity index (χ3v) is 5.03. The molecule has 3 aliphatic heterocycles. The molecule has 7 nitrogen and oxygen atoms in total. The van der Waals surface area contributed by atoms with Crippen LogP contribution < -0.4 is 19.5 Å². The first-order valence-corrected chi connectivity index (χ1v) is 8.42. The Hall–Kier alpha value is -3.22. The number of amides is 3. The van der Waals surface area contributed by atoms with E-state index in [0.717, 1.165) is 5.56 Å². The van der Waals surface area contributed by atoms with E-state index in [4.69, 9.17) is 14.2 Å². The Bertz CT molecular complexity index is 928. The Morgan fingerprint density at radius 3 is 2.77 bits per heavy atom. The summed E-state index contributed by atoms with van der Waals surface area (Å²) in [6.07, 6.45) is 0.409. The first-order chi connectivity index (χ1) is 12.7. The lowest BCUT2D eigenvalue weighted by atomic mass is 9.84. The maximum atomic E-state index is 13.2. The van der Waals surface area contributed by atoms with Crippen LogP contribution in [0.25, 0.3) is 0 Å². The molecule has 1 fully saturated rings. The van der Waals surface area contributed by atoms with Crippen molar-refractivity contribution in [3.05, 3.63) is 53.6 Å². The third-order valence-electron chi connectivity index (χ3n) is 5.03. The highest BCUT2D eigenvalue weighted by atomic mass is 16.7. The number of nitrogens with one attached hydrogen (secondary N) is 1. The predicted octanol–water partition coefficient (Wildman–Crippen LogP) is 2.15. The number of para-hydroxylation sites is 1. The van der Waals surface area contributed by atoms with Crippen LogP contribution >= 0.6 is 0 Å². The number of carbonyl (C=O) groups is 2. The zero-order valence-corrected chi connectivity index (χ0v) is 13.9. The summed E-state index contributed by atoms with van der Waals surface area (Å²) in [6.45, 7) is 0.731. The summed E-state index contributed by atoms with van der Waals surface area (Å²) in [6, 6.07) is 12.4. The van der Waals surface area contributed by atoms with Crippen molar-refractivity contribution < 1.29 is 23.8 Å². The van der Waals surface area contributed by atoms with Crippen LogP contribution in [-0.2, 0) is 16.9 Å². The van der Waals surface area contributed by atoms with E-state index in [1.165, 1.54) is 4.90 Å². The average molecular weight is 352 g/mol. The maximum Gasteiger partial charge on any atom is 0.325 e. The molecule has 132 valence electrons. The molecule has 0 bridgehead atoms. The molecule has 1 saturated heterocycles. The minimum atomic E-state index is -1.05. The van der Waals surface area contributed by atoms with Gasteiger partial charge in [0.25, 0.3) is 5.91 Å². The van der Waals surface area contributed by atoms with Gasteiger partial charge in [-0.05, 0) is 23.8 Å². The molecule has 7 heteroatoms. The van der Waals surface area contributed by atoms with Gasteiger partial charge < -0.3 is 19.5 Å². The van der Waals surface area contributed by atoms with Crippen molar-refractivity contribution in [2.45, 2.75) is 18.5 Å². The van der Waals surface area contributed by atoms with Gasteiger partial charge in [0.1, 0.15) is 5.75 Å². The van der Waals surface area contributed by atoms with Gasteiger partial charge in [0.2, 0.25) is 6.79 Å². The Labute approximate surface area is 149 Å². The molecule has 2 aromatic carbocycles. The van der Waals surface area contributed by atoms with Gasteiger partial charge in [-0.1, -0.05) is 24.3 Å². The molecule has 0 radical (unpaired) electrons. The normalized spacial score (nSPS) is 23.0. The quantitative estimate of drug-likeness (QED) is 0.838. The number of imide groups is 1. The molecule has 0 saturated carbocycles. The number of rotatable bonds is 2. The second kappa shape index (κ2) is 5.39. The molecule has 5 rings (SSSR count). The summed E-state index contributed by atoms with van der Waals surface area (Å²) in [5, 5.41) is 2.90. The number of carbonyl (C=O) groups excluding carboxylic acids is 2. The average Bonchev–Trinajstić information content (AvgIpc) is 3.21. The molecule has 3 aliphatic rings. The fourth-order valence-corrected chi connectivity index (χ4v) is 3.74. The molecular weight excluding hydrogens is 336 g/mol.